The standard InChI is InChI=1S/C19H17N5/c1-2-18-20-19(22-21-18)24-17(15-11-7-4-8-12-15)13-16(23-24)14-9-5-3-6-10-14/h3-13H,2H2,1H3,(H,20,21,22). The molecule has 0 aliphatic rings. The fourth-order valence-electron chi connectivity index (χ4n) is 2.64. The van der Waals surface area contributed by atoms with Crippen LogP contribution in [0.2, 0.25) is 0 Å². The Bertz CT molecular complexity index is 938. The van der Waals surface area contributed by atoms with Crippen molar-refractivity contribution in [3.8, 4) is 28.5 Å². The van der Waals surface area contributed by atoms with Crippen LogP contribution in [-0.2, 0) is 6.42 Å². The SMILES string of the molecule is CCc1nc(-n2nc(-c3ccccc3)cc2-c2ccccc2)n[nH]1. The van der Waals surface area contributed by atoms with Gasteiger partial charge < -0.3 is 0 Å². The first-order valence-corrected chi connectivity index (χ1v) is 7.97. The molecule has 0 aliphatic carbocycles. The van der Waals surface area contributed by atoms with Crippen LogP contribution in [-0.4, -0.2) is 25.0 Å². The number of nitrogens with one attached hydrogen (secondary N) is 1. The van der Waals surface area contributed by atoms with Gasteiger partial charge in [0.25, 0.3) is 5.95 Å². The third kappa shape index (κ3) is 2.60. The van der Waals surface area contributed by atoms with Crippen molar-refractivity contribution in [1.82, 2.24) is 25.0 Å². The van der Waals surface area contributed by atoms with Gasteiger partial charge >= 0.3 is 0 Å². The van der Waals surface area contributed by atoms with Crippen LogP contribution in [0.15, 0.2) is 66.7 Å². The van der Waals surface area contributed by atoms with Crippen molar-refractivity contribution < 1.29 is 0 Å². The van der Waals surface area contributed by atoms with Gasteiger partial charge in [-0.2, -0.15) is 14.8 Å². The van der Waals surface area contributed by atoms with Crippen LogP contribution in [0.3, 0.4) is 0 Å². The largest absolute Gasteiger partial charge is 0.270 e. The third-order valence-corrected chi connectivity index (χ3v) is 3.89. The Kier molecular flexibility index (Phi) is 3.67. The number of H-pyrrole nitrogens is 1. The van der Waals surface area contributed by atoms with Crippen LogP contribution in [0.1, 0.15) is 12.7 Å². The van der Waals surface area contributed by atoms with Gasteiger partial charge in [0, 0.05) is 17.5 Å². The normalized spacial score (nSPS) is 10.9. The average molecular weight is 315 g/mol. The van der Waals surface area contributed by atoms with E-state index in [4.69, 9.17) is 5.10 Å². The molecule has 24 heavy (non-hydrogen) atoms. The van der Waals surface area contributed by atoms with Gasteiger partial charge in [0.2, 0.25) is 0 Å². The molecule has 0 amide bonds. The smallest absolute Gasteiger partial charge is 0.261 e. The van der Waals surface area contributed by atoms with E-state index in [0.29, 0.717) is 5.95 Å². The molecule has 0 saturated carbocycles. The molecule has 118 valence electrons. The van der Waals surface area contributed by atoms with E-state index in [1.54, 1.807) is 4.68 Å². The Morgan fingerprint density at radius 2 is 1.58 bits per heavy atom. The maximum absolute atomic E-state index is 4.75. The first kappa shape index (κ1) is 14.4. The van der Waals surface area contributed by atoms with E-state index >= 15 is 0 Å². The third-order valence-electron chi connectivity index (χ3n) is 3.89. The number of hydrogen-bond donors (Lipinski definition) is 1. The van der Waals surface area contributed by atoms with Crippen LogP contribution in [0, 0.1) is 0 Å². The van der Waals surface area contributed by atoms with Crippen molar-refractivity contribution >= 4 is 0 Å². The molecule has 2 aromatic heterocycles. The molecular formula is C19H17N5. The molecule has 2 heterocycles. The summed E-state index contributed by atoms with van der Waals surface area (Å²) in [4.78, 5) is 4.53. The molecule has 0 aliphatic heterocycles. The van der Waals surface area contributed by atoms with Crippen LogP contribution in [0.5, 0.6) is 0 Å². The van der Waals surface area contributed by atoms with E-state index in [-0.39, 0.29) is 0 Å². The molecule has 0 radical (unpaired) electrons. The topological polar surface area (TPSA) is 59.4 Å². The van der Waals surface area contributed by atoms with E-state index in [0.717, 1.165) is 34.8 Å². The molecule has 0 spiro atoms. The van der Waals surface area contributed by atoms with Gasteiger partial charge in [-0.25, -0.2) is 0 Å². The van der Waals surface area contributed by atoms with Crippen molar-refractivity contribution in [1.29, 1.82) is 0 Å². The number of aromatic nitrogens is 5. The summed E-state index contributed by atoms with van der Waals surface area (Å²) < 4.78 is 1.80. The van der Waals surface area contributed by atoms with Gasteiger partial charge in [0.05, 0.1) is 11.4 Å². The minimum absolute atomic E-state index is 0.563. The second-order valence-corrected chi connectivity index (χ2v) is 5.49. The summed E-state index contributed by atoms with van der Waals surface area (Å²) in [6.07, 6.45) is 0.806. The molecule has 1 N–H and O–H groups in total. The number of aryl methyl sites for hydroxylation is 1. The Labute approximate surface area is 140 Å². The van der Waals surface area contributed by atoms with Crippen LogP contribution in [0.25, 0.3) is 28.5 Å². The van der Waals surface area contributed by atoms with Crippen LogP contribution in [0.4, 0.5) is 0 Å². The van der Waals surface area contributed by atoms with Gasteiger partial charge in [-0.3, -0.25) is 5.10 Å². The highest BCUT2D eigenvalue weighted by molar-refractivity contribution is 5.69. The first-order valence-electron chi connectivity index (χ1n) is 7.97. The van der Waals surface area contributed by atoms with Gasteiger partial charge in [-0.1, -0.05) is 67.6 Å². The Morgan fingerprint density at radius 1 is 0.917 bits per heavy atom. The monoisotopic (exact) mass is 315 g/mol. The molecule has 5 nitrogen and oxygen atoms in total. The second-order valence-electron chi connectivity index (χ2n) is 5.49. The van der Waals surface area contributed by atoms with Crippen molar-refractivity contribution in [2.45, 2.75) is 13.3 Å². The Hall–Kier alpha value is -3.21. The average Bonchev–Trinajstić information content (AvgIpc) is 3.30. The van der Waals surface area contributed by atoms with E-state index in [1.807, 2.05) is 43.3 Å². The van der Waals surface area contributed by atoms with Gasteiger partial charge in [-0.05, 0) is 6.07 Å². The molecule has 0 unspecified atom stereocenters. The van der Waals surface area contributed by atoms with E-state index in [9.17, 15) is 0 Å². The summed E-state index contributed by atoms with van der Waals surface area (Å²) in [5, 5.41) is 12.0. The molecule has 4 aromatic rings. The lowest BCUT2D eigenvalue weighted by Gasteiger charge is -2.02. The lowest BCUT2D eigenvalue weighted by Crippen LogP contribution is -2.01. The van der Waals surface area contributed by atoms with E-state index < -0.39 is 0 Å². The zero-order valence-corrected chi connectivity index (χ0v) is 13.3. The quantitative estimate of drug-likeness (QED) is 0.621. The molecule has 5 heteroatoms. The summed E-state index contributed by atoms with van der Waals surface area (Å²) in [7, 11) is 0. The summed E-state index contributed by atoms with van der Waals surface area (Å²) in [5.74, 6) is 1.41. The van der Waals surface area contributed by atoms with Gasteiger partial charge in [-0.15, -0.1) is 5.10 Å². The number of aromatic amines is 1. The van der Waals surface area contributed by atoms with Crippen molar-refractivity contribution in [3.05, 3.63) is 72.6 Å². The van der Waals surface area contributed by atoms with Crippen molar-refractivity contribution in [3.63, 3.8) is 0 Å². The minimum atomic E-state index is 0.563. The molecular weight excluding hydrogens is 298 g/mol. The predicted molar refractivity (Wildman–Crippen MR) is 93.8 cm³/mol. The molecule has 0 fully saturated rings. The zero-order chi connectivity index (χ0) is 16.4. The lowest BCUT2D eigenvalue weighted by molar-refractivity contribution is 0.823. The van der Waals surface area contributed by atoms with Gasteiger partial charge in [0.15, 0.2) is 0 Å². The molecule has 0 saturated heterocycles. The molecule has 2 aromatic carbocycles. The van der Waals surface area contributed by atoms with E-state index in [1.165, 1.54) is 0 Å². The second kappa shape index (κ2) is 6.12. The fourth-order valence-corrected chi connectivity index (χ4v) is 2.64. The van der Waals surface area contributed by atoms with E-state index in [2.05, 4.69) is 45.5 Å². The Balaban J connectivity index is 1.88. The molecule has 0 bridgehead atoms. The molecule has 4 rings (SSSR count). The summed E-state index contributed by atoms with van der Waals surface area (Å²) in [5.41, 5.74) is 4.02. The highest BCUT2D eigenvalue weighted by atomic mass is 15.4. The predicted octanol–water partition coefficient (Wildman–Crippen LogP) is 3.89. The van der Waals surface area contributed by atoms with Gasteiger partial charge in [0.1, 0.15) is 5.82 Å². The van der Waals surface area contributed by atoms with Crippen molar-refractivity contribution in [2.24, 2.45) is 0 Å². The number of nitrogens with zero attached hydrogens (tertiary/aromatic N) is 4. The number of rotatable bonds is 4. The summed E-state index contributed by atoms with van der Waals surface area (Å²) in [6, 6.07) is 22.4. The Morgan fingerprint density at radius 3 is 2.21 bits per heavy atom. The maximum Gasteiger partial charge on any atom is 0.270 e. The maximum atomic E-state index is 4.75. The zero-order valence-electron chi connectivity index (χ0n) is 13.3. The first-order chi connectivity index (χ1) is 11.8. The van der Waals surface area contributed by atoms with Crippen LogP contribution >= 0.6 is 0 Å². The molecule has 0 atom stereocenters. The summed E-state index contributed by atoms with van der Waals surface area (Å²) >= 11 is 0. The number of hydrogen-bond acceptors (Lipinski definition) is 3. The van der Waals surface area contributed by atoms with Crippen LogP contribution < -0.4 is 0 Å². The number of benzene rings is 2. The lowest BCUT2D eigenvalue weighted by atomic mass is 10.1. The highest BCUT2D eigenvalue weighted by Crippen LogP contribution is 2.27. The highest BCUT2D eigenvalue weighted by Gasteiger charge is 2.15. The van der Waals surface area contributed by atoms with Crippen molar-refractivity contribution in [2.75, 3.05) is 0 Å². The minimum Gasteiger partial charge on any atom is -0.261 e. The fraction of sp³-hybridized carbons (Fsp3) is 0.105. The summed E-state index contributed by atoms with van der Waals surface area (Å²) in [6.45, 7) is 2.04.